The Balaban J connectivity index is 1.76. The Morgan fingerprint density at radius 1 is 1.29 bits per heavy atom. The summed E-state index contributed by atoms with van der Waals surface area (Å²) >= 11 is 0. The lowest BCUT2D eigenvalue weighted by molar-refractivity contribution is 0.494. The topological polar surface area (TPSA) is 12.0 Å². The van der Waals surface area contributed by atoms with Crippen molar-refractivity contribution in [2.45, 2.75) is 45.1 Å². The molecule has 1 saturated carbocycles. The van der Waals surface area contributed by atoms with Crippen LogP contribution in [-0.2, 0) is 0 Å². The maximum absolute atomic E-state index is 12.8. The normalized spacial score (nSPS) is 17.1. The zero-order chi connectivity index (χ0) is 12.1. The third-order valence-corrected chi connectivity index (χ3v) is 3.56. The van der Waals surface area contributed by atoms with Crippen LogP contribution in [0.4, 0.5) is 4.39 Å². The largest absolute Gasteiger partial charge is 0.310 e. The lowest BCUT2D eigenvalue weighted by Gasteiger charge is -2.17. The summed E-state index contributed by atoms with van der Waals surface area (Å²) in [7, 11) is 0. The van der Waals surface area contributed by atoms with E-state index in [0.29, 0.717) is 6.04 Å². The van der Waals surface area contributed by atoms with Crippen molar-refractivity contribution in [1.29, 1.82) is 0 Å². The van der Waals surface area contributed by atoms with Gasteiger partial charge in [-0.1, -0.05) is 31.9 Å². The van der Waals surface area contributed by atoms with Gasteiger partial charge in [-0.05, 0) is 49.4 Å². The van der Waals surface area contributed by atoms with Gasteiger partial charge < -0.3 is 5.32 Å². The molecule has 2 heteroatoms. The third kappa shape index (κ3) is 4.12. The van der Waals surface area contributed by atoms with Gasteiger partial charge in [-0.2, -0.15) is 0 Å². The molecular formula is C15H22FN. The molecule has 1 aromatic carbocycles. The Hall–Kier alpha value is -0.890. The lowest BCUT2D eigenvalue weighted by Crippen LogP contribution is -2.22. The SMILES string of the molecule is CCC(NCCCC1CC1)c1ccc(F)cc1. The zero-order valence-electron chi connectivity index (χ0n) is 10.6. The number of hydrogen-bond donors (Lipinski definition) is 1. The van der Waals surface area contributed by atoms with E-state index < -0.39 is 0 Å². The predicted octanol–water partition coefficient (Wildman–Crippen LogP) is 4.06. The molecule has 94 valence electrons. The Morgan fingerprint density at radius 3 is 2.59 bits per heavy atom. The predicted molar refractivity (Wildman–Crippen MR) is 69.4 cm³/mol. The van der Waals surface area contributed by atoms with Gasteiger partial charge in [-0.25, -0.2) is 4.39 Å². The van der Waals surface area contributed by atoms with Crippen LogP contribution < -0.4 is 5.32 Å². The minimum atomic E-state index is -0.155. The maximum Gasteiger partial charge on any atom is 0.123 e. The minimum absolute atomic E-state index is 0.155. The summed E-state index contributed by atoms with van der Waals surface area (Å²) < 4.78 is 12.8. The number of halogens is 1. The fraction of sp³-hybridized carbons (Fsp3) is 0.600. The van der Waals surface area contributed by atoms with Crippen molar-refractivity contribution >= 4 is 0 Å². The van der Waals surface area contributed by atoms with Crippen LogP contribution in [0, 0.1) is 11.7 Å². The summed E-state index contributed by atoms with van der Waals surface area (Å²) in [6.07, 6.45) is 6.56. The van der Waals surface area contributed by atoms with Crippen molar-refractivity contribution in [2.75, 3.05) is 6.54 Å². The first-order valence-electron chi connectivity index (χ1n) is 6.78. The second-order valence-electron chi connectivity index (χ2n) is 5.05. The molecule has 0 saturated heterocycles. The maximum atomic E-state index is 12.8. The Kier molecular flexibility index (Phi) is 4.55. The summed E-state index contributed by atoms with van der Waals surface area (Å²) in [6.45, 7) is 3.24. The first-order valence-corrected chi connectivity index (χ1v) is 6.78. The number of rotatable bonds is 7. The van der Waals surface area contributed by atoms with Crippen LogP contribution in [0.25, 0.3) is 0 Å². The van der Waals surface area contributed by atoms with E-state index in [1.807, 2.05) is 12.1 Å². The minimum Gasteiger partial charge on any atom is -0.310 e. The monoisotopic (exact) mass is 235 g/mol. The molecule has 1 aromatic rings. The molecular weight excluding hydrogens is 213 g/mol. The highest BCUT2D eigenvalue weighted by Crippen LogP contribution is 2.33. The lowest BCUT2D eigenvalue weighted by atomic mass is 10.0. The Bertz CT molecular complexity index is 329. The molecule has 17 heavy (non-hydrogen) atoms. The second kappa shape index (κ2) is 6.15. The highest BCUT2D eigenvalue weighted by molar-refractivity contribution is 5.19. The molecule has 1 aliphatic carbocycles. The molecule has 1 atom stereocenters. The second-order valence-corrected chi connectivity index (χ2v) is 5.05. The third-order valence-electron chi connectivity index (χ3n) is 3.56. The number of benzene rings is 1. The average Bonchev–Trinajstić information content (AvgIpc) is 3.15. The highest BCUT2D eigenvalue weighted by Gasteiger charge is 2.20. The van der Waals surface area contributed by atoms with E-state index in [2.05, 4.69) is 12.2 Å². The molecule has 0 bridgehead atoms. The molecule has 2 rings (SSSR count). The van der Waals surface area contributed by atoms with Crippen LogP contribution in [0.5, 0.6) is 0 Å². The van der Waals surface area contributed by atoms with E-state index in [9.17, 15) is 4.39 Å². The van der Waals surface area contributed by atoms with Gasteiger partial charge in [0.05, 0.1) is 0 Å². The molecule has 0 spiro atoms. The van der Waals surface area contributed by atoms with E-state index in [1.54, 1.807) is 12.1 Å². The van der Waals surface area contributed by atoms with Gasteiger partial charge in [0.2, 0.25) is 0 Å². The Labute approximate surface area is 103 Å². The van der Waals surface area contributed by atoms with Crippen molar-refractivity contribution in [3.8, 4) is 0 Å². The molecule has 1 fully saturated rings. The van der Waals surface area contributed by atoms with Crippen LogP contribution >= 0.6 is 0 Å². The molecule has 0 amide bonds. The molecule has 0 aromatic heterocycles. The van der Waals surface area contributed by atoms with Crippen LogP contribution in [0.15, 0.2) is 24.3 Å². The van der Waals surface area contributed by atoms with Crippen molar-refractivity contribution in [2.24, 2.45) is 5.92 Å². The Morgan fingerprint density at radius 2 is 2.00 bits per heavy atom. The fourth-order valence-electron chi connectivity index (χ4n) is 2.27. The van der Waals surface area contributed by atoms with Gasteiger partial charge in [0.1, 0.15) is 5.82 Å². The van der Waals surface area contributed by atoms with E-state index >= 15 is 0 Å². The molecule has 1 nitrogen and oxygen atoms in total. The number of nitrogens with one attached hydrogen (secondary N) is 1. The molecule has 0 aliphatic heterocycles. The summed E-state index contributed by atoms with van der Waals surface area (Å²) in [5.74, 6) is 0.861. The van der Waals surface area contributed by atoms with Gasteiger partial charge >= 0.3 is 0 Å². The van der Waals surface area contributed by atoms with Gasteiger partial charge in [0.25, 0.3) is 0 Å². The quantitative estimate of drug-likeness (QED) is 0.703. The van der Waals surface area contributed by atoms with Crippen LogP contribution in [-0.4, -0.2) is 6.54 Å². The molecule has 1 aliphatic rings. The average molecular weight is 235 g/mol. The van der Waals surface area contributed by atoms with Crippen molar-refractivity contribution < 1.29 is 4.39 Å². The van der Waals surface area contributed by atoms with E-state index in [4.69, 9.17) is 0 Å². The molecule has 0 heterocycles. The van der Waals surface area contributed by atoms with Gasteiger partial charge in [0.15, 0.2) is 0 Å². The molecule has 0 radical (unpaired) electrons. The van der Waals surface area contributed by atoms with Crippen molar-refractivity contribution in [3.05, 3.63) is 35.6 Å². The number of hydrogen-bond acceptors (Lipinski definition) is 1. The summed E-state index contributed by atoms with van der Waals surface area (Å²) in [4.78, 5) is 0. The first kappa shape index (κ1) is 12.6. The van der Waals surface area contributed by atoms with Crippen LogP contribution in [0.2, 0.25) is 0 Å². The van der Waals surface area contributed by atoms with Gasteiger partial charge in [-0.3, -0.25) is 0 Å². The summed E-state index contributed by atoms with van der Waals surface area (Å²) in [6, 6.07) is 7.23. The highest BCUT2D eigenvalue weighted by atomic mass is 19.1. The smallest absolute Gasteiger partial charge is 0.123 e. The summed E-state index contributed by atoms with van der Waals surface area (Å²) in [5, 5.41) is 3.57. The van der Waals surface area contributed by atoms with Gasteiger partial charge in [0, 0.05) is 6.04 Å². The van der Waals surface area contributed by atoms with E-state index in [0.717, 1.165) is 18.9 Å². The first-order chi connectivity index (χ1) is 8.29. The standard InChI is InChI=1S/C15H22FN/c1-2-15(13-7-9-14(16)10-8-13)17-11-3-4-12-5-6-12/h7-10,12,15,17H,2-6,11H2,1H3. The van der Waals surface area contributed by atoms with E-state index in [1.165, 1.54) is 31.2 Å². The summed E-state index contributed by atoms with van der Waals surface area (Å²) in [5.41, 5.74) is 1.19. The fourth-order valence-corrected chi connectivity index (χ4v) is 2.27. The van der Waals surface area contributed by atoms with Crippen LogP contribution in [0.3, 0.4) is 0 Å². The van der Waals surface area contributed by atoms with E-state index in [-0.39, 0.29) is 5.82 Å². The van der Waals surface area contributed by atoms with Crippen LogP contribution in [0.1, 0.15) is 50.6 Å². The van der Waals surface area contributed by atoms with Crippen molar-refractivity contribution in [1.82, 2.24) is 5.32 Å². The zero-order valence-corrected chi connectivity index (χ0v) is 10.6. The van der Waals surface area contributed by atoms with Gasteiger partial charge in [-0.15, -0.1) is 0 Å². The van der Waals surface area contributed by atoms with Crippen molar-refractivity contribution in [3.63, 3.8) is 0 Å². The molecule has 1 N–H and O–H groups in total. The molecule has 1 unspecified atom stereocenters.